The van der Waals surface area contributed by atoms with Crippen molar-refractivity contribution in [1.82, 2.24) is 5.32 Å². The fourth-order valence-corrected chi connectivity index (χ4v) is 1.60. The summed E-state index contributed by atoms with van der Waals surface area (Å²) in [6.07, 6.45) is 1.01. The van der Waals surface area contributed by atoms with E-state index in [-0.39, 0.29) is 6.04 Å². The number of hydrogen-bond acceptors (Lipinski definition) is 3. The second-order valence-electron chi connectivity index (χ2n) is 4.67. The van der Waals surface area contributed by atoms with Gasteiger partial charge in [-0.2, -0.15) is 5.26 Å². The molecule has 3 nitrogen and oxygen atoms in total. The molecule has 1 aromatic rings. The van der Waals surface area contributed by atoms with Crippen LogP contribution in [0.2, 0.25) is 0 Å². The summed E-state index contributed by atoms with van der Waals surface area (Å²) in [5.41, 5.74) is 1.25. The van der Waals surface area contributed by atoms with E-state index in [0.29, 0.717) is 12.5 Å². The van der Waals surface area contributed by atoms with Crippen molar-refractivity contribution in [2.75, 3.05) is 13.2 Å². The van der Waals surface area contributed by atoms with Crippen LogP contribution >= 0.6 is 0 Å². The first-order chi connectivity index (χ1) is 8.67. The molecule has 0 heterocycles. The summed E-state index contributed by atoms with van der Waals surface area (Å²) in [7, 11) is 0. The van der Waals surface area contributed by atoms with Crippen LogP contribution in [0.25, 0.3) is 0 Å². The summed E-state index contributed by atoms with van der Waals surface area (Å²) >= 11 is 0. The number of nitriles is 1. The topological polar surface area (TPSA) is 45.0 Å². The highest BCUT2D eigenvalue weighted by molar-refractivity contribution is 5.30. The summed E-state index contributed by atoms with van der Waals surface area (Å²) in [6.45, 7) is 7.61. The summed E-state index contributed by atoms with van der Waals surface area (Å²) in [6, 6.07) is 10.0. The maximum absolute atomic E-state index is 8.98. The Morgan fingerprint density at radius 2 is 2.17 bits per heavy atom. The van der Waals surface area contributed by atoms with Gasteiger partial charge in [-0.3, -0.25) is 5.32 Å². The predicted molar refractivity (Wildman–Crippen MR) is 73.7 cm³/mol. The molecule has 0 saturated heterocycles. The molecule has 0 aromatic heterocycles. The SMILES string of the molecule is CCCNC(C#N)COc1cccc(C(C)C)c1. The van der Waals surface area contributed by atoms with Gasteiger partial charge < -0.3 is 4.74 Å². The van der Waals surface area contributed by atoms with E-state index in [1.54, 1.807) is 0 Å². The van der Waals surface area contributed by atoms with Gasteiger partial charge in [0.2, 0.25) is 0 Å². The van der Waals surface area contributed by atoms with Crippen LogP contribution in [0.15, 0.2) is 24.3 Å². The Hall–Kier alpha value is -1.53. The highest BCUT2D eigenvalue weighted by Gasteiger charge is 2.07. The van der Waals surface area contributed by atoms with Crippen LogP contribution in [0.3, 0.4) is 0 Å². The van der Waals surface area contributed by atoms with Crippen molar-refractivity contribution < 1.29 is 4.74 Å². The van der Waals surface area contributed by atoms with Gasteiger partial charge in [0.05, 0.1) is 6.07 Å². The van der Waals surface area contributed by atoms with Crippen molar-refractivity contribution in [3.8, 4) is 11.8 Å². The van der Waals surface area contributed by atoms with Crippen LogP contribution in [-0.4, -0.2) is 19.2 Å². The first kappa shape index (κ1) is 14.5. The van der Waals surface area contributed by atoms with Crippen LogP contribution < -0.4 is 10.1 Å². The smallest absolute Gasteiger partial charge is 0.130 e. The van der Waals surface area contributed by atoms with Gasteiger partial charge >= 0.3 is 0 Å². The fraction of sp³-hybridized carbons (Fsp3) is 0.533. The largest absolute Gasteiger partial charge is 0.491 e. The quantitative estimate of drug-likeness (QED) is 0.804. The van der Waals surface area contributed by atoms with Crippen LogP contribution in [-0.2, 0) is 0 Å². The van der Waals surface area contributed by atoms with Crippen molar-refractivity contribution in [2.24, 2.45) is 0 Å². The third-order valence-electron chi connectivity index (χ3n) is 2.74. The van der Waals surface area contributed by atoms with Crippen LogP contribution in [0.4, 0.5) is 0 Å². The average Bonchev–Trinajstić information content (AvgIpc) is 2.39. The molecule has 0 aliphatic heterocycles. The molecule has 0 aliphatic rings. The Bertz CT molecular complexity index is 396. The molecule has 0 aliphatic carbocycles. The number of nitrogens with one attached hydrogen (secondary N) is 1. The van der Waals surface area contributed by atoms with Gasteiger partial charge in [0.25, 0.3) is 0 Å². The van der Waals surface area contributed by atoms with Crippen molar-refractivity contribution >= 4 is 0 Å². The third-order valence-corrected chi connectivity index (χ3v) is 2.74. The minimum atomic E-state index is -0.243. The van der Waals surface area contributed by atoms with Crippen LogP contribution in [0.5, 0.6) is 5.75 Å². The normalized spacial score (nSPS) is 12.2. The molecule has 0 fully saturated rings. The van der Waals surface area contributed by atoms with Crippen molar-refractivity contribution in [3.05, 3.63) is 29.8 Å². The summed E-state index contributed by atoms with van der Waals surface area (Å²) in [5, 5.41) is 12.1. The van der Waals surface area contributed by atoms with E-state index in [4.69, 9.17) is 10.00 Å². The van der Waals surface area contributed by atoms with E-state index in [0.717, 1.165) is 18.7 Å². The molecular formula is C15H22N2O. The number of nitrogens with zero attached hydrogens (tertiary/aromatic N) is 1. The Morgan fingerprint density at radius 1 is 1.39 bits per heavy atom. The maximum Gasteiger partial charge on any atom is 0.130 e. The molecule has 1 N–H and O–H groups in total. The minimum Gasteiger partial charge on any atom is -0.491 e. The zero-order valence-electron chi connectivity index (χ0n) is 11.4. The first-order valence-electron chi connectivity index (χ1n) is 6.53. The zero-order chi connectivity index (χ0) is 13.4. The number of ether oxygens (including phenoxy) is 1. The van der Waals surface area contributed by atoms with E-state index in [1.807, 2.05) is 18.2 Å². The molecule has 1 unspecified atom stereocenters. The molecule has 98 valence electrons. The standard InChI is InChI=1S/C15H22N2O/c1-4-8-17-14(10-16)11-18-15-7-5-6-13(9-15)12(2)3/h5-7,9,12,14,17H,4,8,11H2,1-3H3. The molecule has 3 heteroatoms. The molecular weight excluding hydrogens is 224 g/mol. The van der Waals surface area contributed by atoms with Gasteiger partial charge in [0.15, 0.2) is 0 Å². The van der Waals surface area contributed by atoms with Crippen molar-refractivity contribution in [1.29, 1.82) is 5.26 Å². The number of rotatable bonds is 7. The predicted octanol–water partition coefficient (Wildman–Crippen LogP) is 3.08. The second kappa shape index (κ2) is 7.73. The molecule has 1 rings (SSSR count). The lowest BCUT2D eigenvalue weighted by atomic mass is 10.0. The summed E-state index contributed by atoms with van der Waals surface area (Å²) in [4.78, 5) is 0. The molecule has 0 bridgehead atoms. The average molecular weight is 246 g/mol. The van der Waals surface area contributed by atoms with Crippen LogP contribution in [0, 0.1) is 11.3 Å². The maximum atomic E-state index is 8.98. The van der Waals surface area contributed by atoms with Crippen molar-refractivity contribution in [3.63, 3.8) is 0 Å². The van der Waals surface area contributed by atoms with Gasteiger partial charge in [0, 0.05) is 0 Å². The summed E-state index contributed by atoms with van der Waals surface area (Å²) in [5.74, 6) is 1.32. The molecule has 0 spiro atoms. The van der Waals surface area contributed by atoms with E-state index in [1.165, 1.54) is 5.56 Å². The molecule has 1 aromatic carbocycles. The Morgan fingerprint density at radius 3 is 2.78 bits per heavy atom. The van der Waals surface area contributed by atoms with Gasteiger partial charge in [0.1, 0.15) is 18.4 Å². The third kappa shape index (κ3) is 4.77. The molecule has 18 heavy (non-hydrogen) atoms. The highest BCUT2D eigenvalue weighted by Crippen LogP contribution is 2.20. The van der Waals surface area contributed by atoms with E-state index in [9.17, 15) is 0 Å². The first-order valence-corrected chi connectivity index (χ1v) is 6.53. The Kier molecular flexibility index (Phi) is 6.24. The minimum absolute atomic E-state index is 0.243. The second-order valence-corrected chi connectivity index (χ2v) is 4.67. The highest BCUT2D eigenvalue weighted by atomic mass is 16.5. The lowest BCUT2D eigenvalue weighted by Crippen LogP contribution is -2.33. The molecule has 0 saturated carbocycles. The van der Waals surface area contributed by atoms with E-state index < -0.39 is 0 Å². The lowest BCUT2D eigenvalue weighted by Gasteiger charge is -2.13. The van der Waals surface area contributed by atoms with Gasteiger partial charge in [-0.05, 0) is 36.6 Å². The van der Waals surface area contributed by atoms with Gasteiger partial charge in [-0.15, -0.1) is 0 Å². The number of benzene rings is 1. The number of hydrogen-bond donors (Lipinski definition) is 1. The van der Waals surface area contributed by atoms with E-state index >= 15 is 0 Å². The van der Waals surface area contributed by atoms with Gasteiger partial charge in [-0.1, -0.05) is 32.9 Å². The van der Waals surface area contributed by atoms with Crippen LogP contribution in [0.1, 0.15) is 38.7 Å². The van der Waals surface area contributed by atoms with Gasteiger partial charge in [-0.25, -0.2) is 0 Å². The Labute approximate surface area is 110 Å². The zero-order valence-corrected chi connectivity index (χ0v) is 11.4. The summed E-state index contributed by atoms with van der Waals surface area (Å²) < 4.78 is 5.66. The molecule has 0 amide bonds. The fourth-order valence-electron chi connectivity index (χ4n) is 1.60. The lowest BCUT2D eigenvalue weighted by molar-refractivity contribution is 0.289. The monoisotopic (exact) mass is 246 g/mol. The molecule has 0 radical (unpaired) electrons. The van der Waals surface area contributed by atoms with Crippen molar-refractivity contribution in [2.45, 2.75) is 39.2 Å². The van der Waals surface area contributed by atoms with E-state index in [2.05, 4.69) is 38.2 Å². The Balaban J connectivity index is 2.52. The molecule has 1 atom stereocenters.